The van der Waals surface area contributed by atoms with E-state index in [1.165, 1.54) is 16.8 Å². The van der Waals surface area contributed by atoms with Crippen molar-refractivity contribution in [1.82, 2.24) is 29.4 Å². The van der Waals surface area contributed by atoms with Crippen LogP contribution >= 0.6 is 0 Å². The monoisotopic (exact) mass is 634 g/mol. The number of hydrogen-bond donors (Lipinski definition) is 3. The molecule has 0 saturated carbocycles. The van der Waals surface area contributed by atoms with Crippen molar-refractivity contribution in [2.75, 3.05) is 19.6 Å². The zero-order valence-corrected chi connectivity index (χ0v) is 23.8. The smallest absolute Gasteiger partial charge is 0.475 e. The first-order chi connectivity index (χ1) is 20.4. The van der Waals surface area contributed by atoms with E-state index in [1.807, 2.05) is 25.0 Å². The highest BCUT2D eigenvalue weighted by Gasteiger charge is 2.44. The van der Waals surface area contributed by atoms with Gasteiger partial charge in [0.25, 0.3) is 5.56 Å². The summed E-state index contributed by atoms with van der Waals surface area (Å²) in [5, 5.41) is 22.0. The lowest BCUT2D eigenvalue weighted by Gasteiger charge is -2.47. The number of likely N-dealkylation sites (tertiary alicyclic amines) is 1. The normalized spacial score (nSPS) is 16.7. The van der Waals surface area contributed by atoms with Gasteiger partial charge in [-0.2, -0.15) is 31.4 Å². The molecular formula is C27H32F6N6O5. The Kier molecular flexibility index (Phi) is 10.7. The average Bonchev–Trinajstić information content (AvgIpc) is 3.48. The number of alkyl halides is 6. The van der Waals surface area contributed by atoms with Gasteiger partial charge >= 0.3 is 24.3 Å². The number of nitrogens with one attached hydrogen (secondary N) is 1. The molecule has 44 heavy (non-hydrogen) atoms. The van der Waals surface area contributed by atoms with Gasteiger partial charge in [-0.25, -0.2) is 9.59 Å². The Morgan fingerprint density at radius 2 is 1.43 bits per heavy atom. The largest absolute Gasteiger partial charge is 0.490 e. The number of carbonyl (C=O) groups is 2. The number of aromatic nitrogens is 4. The number of H-pyrrole nitrogens is 1. The van der Waals surface area contributed by atoms with E-state index < -0.39 is 24.3 Å². The highest BCUT2D eigenvalue weighted by Crippen LogP contribution is 2.40. The van der Waals surface area contributed by atoms with Gasteiger partial charge in [0.2, 0.25) is 0 Å². The molecule has 5 rings (SSSR count). The quantitative estimate of drug-likeness (QED) is 0.372. The number of halogens is 6. The second kappa shape index (κ2) is 13.7. The molecule has 1 saturated heterocycles. The van der Waals surface area contributed by atoms with Crippen LogP contribution in [-0.4, -0.2) is 83.5 Å². The summed E-state index contributed by atoms with van der Waals surface area (Å²) < 4.78 is 67.0. The number of aryl methyl sites for hydroxylation is 2. The third-order valence-electron chi connectivity index (χ3n) is 7.29. The van der Waals surface area contributed by atoms with Crippen molar-refractivity contribution in [1.29, 1.82) is 0 Å². The van der Waals surface area contributed by atoms with Crippen molar-refractivity contribution >= 4 is 11.9 Å². The molecule has 0 amide bonds. The standard InChI is InChI=1S/C23H30N6O.2C2HF3O2/c1-26-13-19(12-24-26)15-29-16-20-21(25-27(2)22(20)30)23(17-29)8-10-28(11-9-23)14-18-6-4-3-5-7-18;2*3-2(4,5)1(6)7/h3-7,12-13,25H,8-11,14-17H2,1-2H3;2*(H,6,7). The molecule has 0 unspecified atom stereocenters. The fourth-order valence-corrected chi connectivity index (χ4v) is 5.28. The molecule has 2 aliphatic rings. The number of aromatic amines is 1. The second-order valence-electron chi connectivity index (χ2n) is 10.6. The average molecular weight is 635 g/mol. The summed E-state index contributed by atoms with van der Waals surface area (Å²) in [5.41, 5.74) is 4.82. The van der Waals surface area contributed by atoms with Gasteiger partial charge in [0, 0.05) is 63.1 Å². The maximum absolute atomic E-state index is 12.8. The first-order valence-electron chi connectivity index (χ1n) is 13.3. The molecule has 242 valence electrons. The van der Waals surface area contributed by atoms with Crippen LogP contribution in [0.2, 0.25) is 0 Å². The predicted molar refractivity (Wildman–Crippen MR) is 143 cm³/mol. The van der Waals surface area contributed by atoms with Gasteiger partial charge in [-0.1, -0.05) is 30.3 Å². The Morgan fingerprint density at radius 3 is 1.91 bits per heavy atom. The first kappa shape index (κ1) is 34.4. The minimum atomic E-state index is -5.08. The number of carboxylic acids is 2. The van der Waals surface area contributed by atoms with Crippen LogP contribution in [0.4, 0.5) is 26.3 Å². The van der Waals surface area contributed by atoms with Crippen LogP contribution < -0.4 is 5.56 Å². The summed E-state index contributed by atoms with van der Waals surface area (Å²) in [7, 11) is 3.79. The molecule has 0 aliphatic carbocycles. The maximum Gasteiger partial charge on any atom is 0.490 e. The van der Waals surface area contributed by atoms with Crippen molar-refractivity contribution in [3.63, 3.8) is 0 Å². The Bertz CT molecular complexity index is 1450. The number of hydrogen-bond acceptors (Lipinski definition) is 6. The van der Waals surface area contributed by atoms with E-state index in [0.29, 0.717) is 6.54 Å². The minimum Gasteiger partial charge on any atom is -0.475 e. The third-order valence-corrected chi connectivity index (χ3v) is 7.29. The lowest BCUT2D eigenvalue weighted by Crippen LogP contribution is -2.52. The molecule has 3 N–H and O–H groups in total. The predicted octanol–water partition coefficient (Wildman–Crippen LogP) is 3.26. The summed E-state index contributed by atoms with van der Waals surface area (Å²) in [6.07, 6.45) is -4.04. The van der Waals surface area contributed by atoms with Crippen molar-refractivity contribution in [2.24, 2.45) is 14.1 Å². The molecule has 2 aromatic heterocycles. The molecule has 17 heteroatoms. The molecule has 0 bridgehead atoms. The van der Waals surface area contributed by atoms with Crippen LogP contribution in [0.1, 0.15) is 35.2 Å². The molecule has 1 fully saturated rings. The number of fused-ring (bicyclic) bond motifs is 2. The topological polar surface area (TPSA) is 137 Å². The van der Waals surface area contributed by atoms with Crippen molar-refractivity contribution in [3.05, 3.63) is 75.5 Å². The van der Waals surface area contributed by atoms with Crippen LogP contribution in [0.15, 0.2) is 47.5 Å². The summed E-state index contributed by atoms with van der Waals surface area (Å²) >= 11 is 0. The fourth-order valence-electron chi connectivity index (χ4n) is 5.28. The first-order valence-corrected chi connectivity index (χ1v) is 13.3. The van der Waals surface area contributed by atoms with E-state index in [1.54, 1.807) is 4.68 Å². The van der Waals surface area contributed by atoms with E-state index in [0.717, 1.165) is 51.1 Å². The zero-order valence-electron chi connectivity index (χ0n) is 23.8. The number of aliphatic carboxylic acids is 2. The second-order valence-corrected chi connectivity index (χ2v) is 10.6. The summed E-state index contributed by atoms with van der Waals surface area (Å²) in [5.74, 6) is -5.51. The van der Waals surface area contributed by atoms with Crippen LogP contribution in [0.3, 0.4) is 0 Å². The van der Waals surface area contributed by atoms with Crippen molar-refractivity contribution in [3.8, 4) is 0 Å². The van der Waals surface area contributed by atoms with Gasteiger partial charge in [-0.05, 0) is 31.5 Å². The molecule has 1 aromatic carbocycles. The molecule has 0 radical (unpaired) electrons. The number of rotatable bonds is 4. The molecule has 0 atom stereocenters. The SMILES string of the molecule is Cn1cc(CN2Cc3c([nH]n(C)c3=O)C3(CCN(Cc4ccccc4)CC3)C2)cn1.O=C(O)C(F)(F)F.O=C(O)C(F)(F)F. The molecule has 4 heterocycles. The van der Waals surface area contributed by atoms with Crippen molar-refractivity contribution < 1.29 is 46.1 Å². The van der Waals surface area contributed by atoms with Crippen molar-refractivity contribution in [2.45, 2.75) is 50.2 Å². The van der Waals surface area contributed by atoms with E-state index in [2.05, 4.69) is 56.5 Å². The highest BCUT2D eigenvalue weighted by atomic mass is 19.4. The van der Waals surface area contributed by atoms with Gasteiger partial charge in [0.05, 0.1) is 11.8 Å². The lowest BCUT2D eigenvalue weighted by atomic mass is 9.72. The molecule has 11 nitrogen and oxygen atoms in total. The van der Waals surface area contributed by atoms with Crippen LogP contribution in [0.5, 0.6) is 0 Å². The summed E-state index contributed by atoms with van der Waals surface area (Å²) in [4.78, 5) is 35.6. The van der Waals surface area contributed by atoms with Crippen LogP contribution in [0, 0.1) is 0 Å². The van der Waals surface area contributed by atoms with Gasteiger partial charge in [-0.15, -0.1) is 0 Å². The number of piperidine rings is 1. The number of benzene rings is 1. The van der Waals surface area contributed by atoms with Gasteiger partial charge < -0.3 is 10.2 Å². The lowest BCUT2D eigenvalue weighted by molar-refractivity contribution is -0.193. The Morgan fingerprint density at radius 1 is 0.909 bits per heavy atom. The van der Waals surface area contributed by atoms with E-state index in [-0.39, 0.29) is 11.0 Å². The Hall–Kier alpha value is -4.12. The van der Waals surface area contributed by atoms with E-state index >= 15 is 0 Å². The van der Waals surface area contributed by atoms with E-state index in [4.69, 9.17) is 19.8 Å². The van der Waals surface area contributed by atoms with Gasteiger partial charge in [0.1, 0.15) is 0 Å². The number of nitrogens with zero attached hydrogens (tertiary/aromatic N) is 5. The highest BCUT2D eigenvalue weighted by molar-refractivity contribution is 5.73. The minimum absolute atomic E-state index is 0.0173. The van der Waals surface area contributed by atoms with Gasteiger partial charge in [-0.3, -0.25) is 29.1 Å². The fraction of sp³-hybridized carbons (Fsp3) is 0.481. The Balaban J connectivity index is 0.000000317. The molecule has 2 aliphatic heterocycles. The molecular weight excluding hydrogens is 602 g/mol. The Labute approximate surface area is 247 Å². The van der Waals surface area contributed by atoms with E-state index in [9.17, 15) is 31.1 Å². The summed E-state index contributed by atoms with van der Waals surface area (Å²) in [6, 6.07) is 10.7. The molecule has 3 aromatic rings. The zero-order chi connectivity index (χ0) is 32.9. The van der Waals surface area contributed by atoms with Crippen LogP contribution in [-0.2, 0) is 48.7 Å². The maximum atomic E-state index is 12.8. The number of carboxylic acid groups (broad SMARTS) is 2. The van der Waals surface area contributed by atoms with Gasteiger partial charge in [0.15, 0.2) is 0 Å². The molecule has 1 spiro atoms. The summed E-state index contributed by atoms with van der Waals surface area (Å²) in [6.45, 7) is 5.60. The van der Waals surface area contributed by atoms with Crippen LogP contribution in [0.25, 0.3) is 0 Å². The third kappa shape index (κ3) is 8.95.